The summed E-state index contributed by atoms with van der Waals surface area (Å²) in [5.41, 5.74) is 0. The van der Waals surface area contributed by atoms with Crippen molar-refractivity contribution in [3.63, 3.8) is 0 Å². The molecule has 0 aromatic carbocycles. The molecule has 0 saturated carbocycles. The SMILES string of the molecule is CCCCCCCC(COC)COC. The summed E-state index contributed by atoms with van der Waals surface area (Å²) in [5.74, 6) is 0.589. The predicted octanol–water partition coefficient (Wildman–Crippen LogP) is 3.26. The van der Waals surface area contributed by atoms with Crippen LogP contribution >= 0.6 is 0 Å². The molecule has 0 unspecified atom stereocenters. The minimum atomic E-state index is 0.589. The van der Waals surface area contributed by atoms with Gasteiger partial charge in [0.2, 0.25) is 0 Å². The number of hydrogen-bond donors (Lipinski definition) is 0. The van der Waals surface area contributed by atoms with E-state index in [1.54, 1.807) is 14.2 Å². The molecule has 2 heteroatoms. The van der Waals surface area contributed by atoms with E-state index in [1.165, 1.54) is 38.5 Å². The van der Waals surface area contributed by atoms with E-state index in [9.17, 15) is 0 Å². The third-order valence-electron chi connectivity index (χ3n) is 2.52. The van der Waals surface area contributed by atoms with Crippen LogP contribution in [-0.2, 0) is 9.47 Å². The first-order chi connectivity index (χ1) is 6.85. The lowest BCUT2D eigenvalue weighted by atomic mass is 10.0. The van der Waals surface area contributed by atoms with Crippen LogP contribution in [0.3, 0.4) is 0 Å². The molecule has 0 atom stereocenters. The number of ether oxygens (including phenoxy) is 2. The fourth-order valence-corrected chi connectivity index (χ4v) is 1.72. The van der Waals surface area contributed by atoms with E-state index in [4.69, 9.17) is 9.47 Å². The number of hydrogen-bond acceptors (Lipinski definition) is 2. The number of unbranched alkanes of at least 4 members (excludes halogenated alkanes) is 4. The summed E-state index contributed by atoms with van der Waals surface area (Å²) in [7, 11) is 3.53. The molecule has 0 aromatic heterocycles. The molecule has 0 heterocycles. The first-order valence-electron chi connectivity index (χ1n) is 5.83. The van der Waals surface area contributed by atoms with E-state index in [0.29, 0.717) is 5.92 Å². The second-order valence-electron chi connectivity index (χ2n) is 3.98. The highest BCUT2D eigenvalue weighted by molar-refractivity contribution is 4.57. The van der Waals surface area contributed by atoms with Crippen LogP contribution in [0, 0.1) is 5.92 Å². The van der Waals surface area contributed by atoms with Crippen molar-refractivity contribution < 1.29 is 9.47 Å². The van der Waals surface area contributed by atoms with Gasteiger partial charge in [-0.2, -0.15) is 0 Å². The Bertz CT molecular complexity index is 98.5. The normalized spacial score (nSPS) is 11.1. The van der Waals surface area contributed by atoms with Crippen molar-refractivity contribution in [3.05, 3.63) is 0 Å². The maximum atomic E-state index is 5.15. The molecule has 0 aromatic rings. The minimum Gasteiger partial charge on any atom is -0.384 e. The fourth-order valence-electron chi connectivity index (χ4n) is 1.72. The predicted molar refractivity (Wildman–Crippen MR) is 60.6 cm³/mol. The van der Waals surface area contributed by atoms with Gasteiger partial charge in [-0.25, -0.2) is 0 Å². The molecule has 0 N–H and O–H groups in total. The lowest BCUT2D eigenvalue weighted by Crippen LogP contribution is -2.14. The van der Waals surface area contributed by atoms with Crippen LogP contribution in [0.25, 0.3) is 0 Å². The van der Waals surface area contributed by atoms with Gasteiger partial charge in [-0.15, -0.1) is 0 Å². The van der Waals surface area contributed by atoms with Gasteiger partial charge < -0.3 is 9.47 Å². The maximum Gasteiger partial charge on any atom is 0.0512 e. The molecule has 0 aliphatic rings. The Morgan fingerprint density at radius 1 is 0.857 bits per heavy atom. The molecule has 0 rings (SSSR count). The van der Waals surface area contributed by atoms with Crippen LogP contribution in [0.1, 0.15) is 45.4 Å². The molecule has 0 saturated heterocycles. The molecule has 0 bridgehead atoms. The van der Waals surface area contributed by atoms with Crippen LogP contribution < -0.4 is 0 Å². The van der Waals surface area contributed by atoms with Gasteiger partial charge >= 0.3 is 0 Å². The van der Waals surface area contributed by atoms with Crippen LogP contribution in [0.4, 0.5) is 0 Å². The van der Waals surface area contributed by atoms with Gasteiger partial charge in [-0.3, -0.25) is 0 Å². The summed E-state index contributed by atoms with van der Waals surface area (Å²) in [4.78, 5) is 0. The smallest absolute Gasteiger partial charge is 0.0512 e. The Morgan fingerprint density at radius 3 is 1.93 bits per heavy atom. The summed E-state index contributed by atoms with van der Waals surface area (Å²) in [6.07, 6.45) is 7.99. The first kappa shape index (κ1) is 13.9. The molecular formula is C12H26O2. The molecule has 2 nitrogen and oxygen atoms in total. The van der Waals surface area contributed by atoms with Gasteiger partial charge in [0.15, 0.2) is 0 Å². The van der Waals surface area contributed by atoms with Crippen molar-refractivity contribution >= 4 is 0 Å². The van der Waals surface area contributed by atoms with Gasteiger partial charge in [0.1, 0.15) is 0 Å². The highest BCUT2D eigenvalue weighted by Gasteiger charge is 2.07. The largest absolute Gasteiger partial charge is 0.384 e. The van der Waals surface area contributed by atoms with Crippen LogP contribution in [0.15, 0.2) is 0 Å². The van der Waals surface area contributed by atoms with Gasteiger partial charge in [-0.05, 0) is 6.42 Å². The molecule has 0 radical (unpaired) electrons. The van der Waals surface area contributed by atoms with Crippen LogP contribution in [-0.4, -0.2) is 27.4 Å². The van der Waals surface area contributed by atoms with Gasteiger partial charge in [0, 0.05) is 20.1 Å². The average molecular weight is 202 g/mol. The standard InChI is InChI=1S/C12H26O2/c1-4-5-6-7-8-9-12(10-13-2)11-14-3/h12H,4-11H2,1-3H3. The van der Waals surface area contributed by atoms with E-state index in [2.05, 4.69) is 6.92 Å². The third kappa shape index (κ3) is 8.52. The highest BCUT2D eigenvalue weighted by Crippen LogP contribution is 2.12. The number of rotatable bonds is 10. The van der Waals surface area contributed by atoms with Crippen molar-refractivity contribution in [1.29, 1.82) is 0 Å². The zero-order valence-corrected chi connectivity index (χ0v) is 10.1. The fraction of sp³-hybridized carbons (Fsp3) is 1.00. The van der Waals surface area contributed by atoms with Crippen LogP contribution in [0.5, 0.6) is 0 Å². The minimum absolute atomic E-state index is 0.589. The molecule has 86 valence electrons. The van der Waals surface area contributed by atoms with E-state index in [-0.39, 0.29) is 0 Å². The summed E-state index contributed by atoms with van der Waals surface area (Å²) < 4.78 is 10.3. The molecule has 0 aliphatic heterocycles. The molecule has 0 amide bonds. The van der Waals surface area contributed by atoms with E-state index >= 15 is 0 Å². The zero-order valence-electron chi connectivity index (χ0n) is 10.1. The lowest BCUT2D eigenvalue weighted by molar-refractivity contribution is 0.0791. The van der Waals surface area contributed by atoms with E-state index < -0.39 is 0 Å². The van der Waals surface area contributed by atoms with Gasteiger partial charge in [0.25, 0.3) is 0 Å². The van der Waals surface area contributed by atoms with Crippen molar-refractivity contribution in [2.24, 2.45) is 5.92 Å². The average Bonchev–Trinajstić information content (AvgIpc) is 2.18. The molecule has 14 heavy (non-hydrogen) atoms. The molecular weight excluding hydrogens is 176 g/mol. The van der Waals surface area contributed by atoms with Crippen LogP contribution in [0.2, 0.25) is 0 Å². The molecule has 0 fully saturated rings. The Labute approximate surface area is 89.0 Å². The topological polar surface area (TPSA) is 18.5 Å². The number of methoxy groups -OCH3 is 2. The molecule has 0 aliphatic carbocycles. The van der Waals surface area contributed by atoms with Crippen molar-refractivity contribution in [3.8, 4) is 0 Å². The van der Waals surface area contributed by atoms with Gasteiger partial charge in [0.05, 0.1) is 13.2 Å². The second kappa shape index (κ2) is 11.0. The zero-order chi connectivity index (χ0) is 10.6. The Balaban J connectivity index is 3.30. The second-order valence-corrected chi connectivity index (χ2v) is 3.98. The van der Waals surface area contributed by atoms with Gasteiger partial charge in [-0.1, -0.05) is 39.0 Å². The first-order valence-corrected chi connectivity index (χ1v) is 5.83. The summed E-state index contributed by atoms with van der Waals surface area (Å²) in [5, 5.41) is 0. The maximum absolute atomic E-state index is 5.15. The van der Waals surface area contributed by atoms with E-state index in [0.717, 1.165) is 13.2 Å². The monoisotopic (exact) mass is 202 g/mol. The third-order valence-corrected chi connectivity index (χ3v) is 2.52. The quantitative estimate of drug-likeness (QED) is 0.506. The van der Waals surface area contributed by atoms with Crippen molar-refractivity contribution in [1.82, 2.24) is 0 Å². The highest BCUT2D eigenvalue weighted by atomic mass is 16.5. The molecule has 0 spiro atoms. The summed E-state index contributed by atoms with van der Waals surface area (Å²) in [6.45, 7) is 3.92. The Morgan fingerprint density at radius 2 is 1.43 bits per heavy atom. The van der Waals surface area contributed by atoms with E-state index in [1.807, 2.05) is 0 Å². The Hall–Kier alpha value is -0.0800. The van der Waals surface area contributed by atoms with Crippen molar-refractivity contribution in [2.75, 3.05) is 27.4 Å². The Kier molecular flexibility index (Phi) is 10.9. The summed E-state index contributed by atoms with van der Waals surface area (Å²) >= 11 is 0. The van der Waals surface area contributed by atoms with Crippen molar-refractivity contribution in [2.45, 2.75) is 45.4 Å². The summed E-state index contributed by atoms with van der Waals surface area (Å²) in [6, 6.07) is 0. The lowest BCUT2D eigenvalue weighted by Gasteiger charge is -2.14.